The molecule has 23 heavy (non-hydrogen) atoms. The average Bonchev–Trinajstić information content (AvgIpc) is 2.97. The normalized spacial score (nSPS) is 20.7. The number of phenols is 1. The first kappa shape index (κ1) is 15.5. The molecular weight excluding hydrogens is 293 g/mol. The SMILES string of the molecule is O=C(CCc1cccc(O)c1)N1CCC(F)(c2ccccc2)C1. The minimum atomic E-state index is -1.44. The molecule has 1 aliphatic rings. The molecule has 0 radical (unpaired) electrons. The van der Waals surface area contributed by atoms with Gasteiger partial charge in [0.1, 0.15) is 5.75 Å². The largest absolute Gasteiger partial charge is 0.508 e. The monoisotopic (exact) mass is 313 g/mol. The van der Waals surface area contributed by atoms with Crippen LogP contribution in [0.25, 0.3) is 0 Å². The number of benzene rings is 2. The van der Waals surface area contributed by atoms with Gasteiger partial charge in [0.05, 0.1) is 6.54 Å². The van der Waals surface area contributed by atoms with Crippen LogP contribution in [0.1, 0.15) is 24.0 Å². The van der Waals surface area contributed by atoms with Gasteiger partial charge in [0.2, 0.25) is 5.91 Å². The van der Waals surface area contributed by atoms with Crippen LogP contribution < -0.4 is 0 Å². The summed E-state index contributed by atoms with van der Waals surface area (Å²) in [7, 11) is 0. The Morgan fingerprint density at radius 3 is 2.70 bits per heavy atom. The Morgan fingerprint density at radius 1 is 1.17 bits per heavy atom. The molecule has 0 bridgehead atoms. The van der Waals surface area contributed by atoms with E-state index in [9.17, 15) is 9.90 Å². The summed E-state index contributed by atoms with van der Waals surface area (Å²) in [5.41, 5.74) is 0.109. The van der Waals surface area contributed by atoms with E-state index in [1.165, 1.54) is 0 Å². The number of carbonyl (C=O) groups excluding carboxylic acids is 1. The molecule has 0 saturated carbocycles. The summed E-state index contributed by atoms with van der Waals surface area (Å²) in [6.45, 7) is 0.570. The maximum absolute atomic E-state index is 15.0. The lowest BCUT2D eigenvalue weighted by molar-refractivity contribution is -0.130. The standard InChI is InChI=1S/C19H20FNO2/c20-19(16-6-2-1-3-7-16)11-12-21(14-19)18(23)10-9-15-5-4-8-17(22)13-15/h1-8,13,22H,9-12,14H2. The molecule has 1 heterocycles. The van der Waals surface area contributed by atoms with E-state index in [-0.39, 0.29) is 18.2 Å². The van der Waals surface area contributed by atoms with E-state index < -0.39 is 5.67 Å². The quantitative estimate of drug-likeness (QED) is 0.939. The molecule has 3 nitrogen and oxygen atoms in total. The molecule has 1 unspecified atom stereocenters. The van der Waals surface area contributed by atoms with Gasteiger partial charge in [0.25, 0.3) is 0 Å². The summed E-state index contributed by atoms with van der Waals surface area (Å²) in [6.07, 6.45) is 1.22. The zero-order valence-corrected chi connectivity index (χ0v) is 12.9. The first-order valence-electron chi connectivity index (χ1n) is 7.87. The van der Waals surface area contributed by atoms with Gasteiger partial charge in [0, 0.05) is 19.4 Å². The fraction of sp³-hybridized carbons (Fsp3) is 0.316. The van der Waals surface area contributed by atoms with E-state index in [2.05, 4.69) is 0 Å². The second-order valence-electron chi connectivity index (χ2n) is 6.07. The second kappa shape index (κ2) is 6.41. The first-order chi connectivity index (χ1) is 11.1. The van der Waals surface area contributed by atoms with Gasteiger partial charge in [-0.25, -0.2) is 4.39 Å². The van der Waals surface area contributed by atoms with Gasteiger partial charge in [-0.3, -0.25) is 4.79 Å². The molecule has 1 atom stereocenters. The molecule has 1 aliphatic heterocycles. The van der Waals surface area contributed by atoms with Crippen molar-refractivity contribution in [3.8, 4) is 5.75 Å². The van der Waals surface area contributed by atoms with Crippen LogP contribution in [0.2, 0.25) is 0 Å². The third-order valence-electron chi connectivity index (χ3n) is 4.40. The van der Waals surface area contributed by atoms with Crippen LogP contribution in [-0.2, 0) is 16.9 Å². The molecule has 4 heteroatoms. The Bertz CT molecular complexity index is 689. The van der Waals surface area contributed by atoms with Gasteiger partial charge in [-0.15, -0.1) is 0 Å². The fourth-order valence-electron chi connectivity index (χ4n) is 3.08. The van der Waals surface area contributed by atoms with Gasteiger partial charge in [0.15, 0.2) is 5.67 Å². The predicted octanol–water partition coefficient (Wildman–Crippen LogP) is 3.42. The van der Waals surface area contributed by atoms with Gasteiger partial charge in [-0.1, -0.05) is 42.5 Å². The molecule has 1 N–H and O–H groups in total. The van der Waals surface area contributed by atoms with Crippen molar-refractivity contribution < 1.29 is 14.3 Å². The van der Waals surface area contributed by atoms with E-state index >= 15 is 4.39 Å². The molecule has 1 amide bonds. The van der Waals surface area contributed by atoms with Crippen LogP contribution in [0.15, 0.2) is 54.6 Å². The van der Waals surface area contributed by atoms with Gasteiger partial charge in [-0.05, 0) is 29.7 Å². The smallest absolute Gasteiger partial charge is 0.223 e. The highest BCUT2D eigenvalue weighted by Gasteiger charge is 2.41. The zero-order chi connectivity index (χ0) is 16.3. The van der Waals surface area contributed by atoms with Crippen molar-refractivity contribution in [1.82, 2.24) is 4.90 Å². The lowest BCUT2D eigenvalue weighted by atomic mass is 9.95. The zero-order valence-electron chi connectivity index (χ0n) is 12.9. The van der Waals surface area contributed by atoms with Crippen LogP contribution >= 0.6 is 0 Å². The molecule has 2 aromatic carbocycles. The van der Waals surface area contributed by atoms with Crippen LogP contribution in [0.4, 0.5) is 4.39 Å². The maximum Gasteiger partial charge on any atom is 0.223 e. The molecule has 1 fully saturated rings. The summed E-state index contributed by atoms with van der Waals surface area (Å²) in [5, 5.41) is 9.44. The molecule has 0 aliphatic carbocycles. The number of likely N-dealkylation sites (tertiary alicyclic amines) is 1. The topological polar surface area (TPSA) is 40.5 Å². The minimum absolute atomic E-state index is 0.0381. The van der Waals surface area contributed by atoms with Crippen LogP contribution in [0.5, 0.6) is 5.75 Å². The summed E-state index contributed by atoms with van der Waals surface area (Å²) in [5.74, 6) is 0.159. The highest BCUT2D eigenvalue weighted by atomic mass is 19.1. The fourth-order valence-corrected chi connectivity index (χ4v) is 3.08. The van der Waals surface area contributed by atoms with Crippen LogP contribution in [0, 0.1) is 0 Å². The molecule has 0 spiro atoms. The molecule has 0 aromatic heterocycles. The van der Waals surface area contributed by atoms with Crippen LogP contribution in [-0.4, -0.2) is 29.0 Å². The Labute approximate surface area is 135 Å². The Kier molecular flexibility index (Phi) is 4.33. The van der Waals surface area contributed by atoms with Crippen molar-refractivity contribution in [2.45, 2.75) is 24.9 Å². The predicted molar refractivity (Wildman–Crippen MR) is 86.9 cm³/mol. The first-order valence-corrected chi connectivity index (χ1v) is 7.87. The number of nitrogens with zero attached hydrogens (tertiary/aromatic N) is 1. The number of aromatic hydroxyl groups is 1. The highest BCUT2D eigenvalue weighted by molar-refractivity contribution is 5.77. The number of alkyl halides is 1. The number of hydrogen-bond acceptors (Lipinski definition) is 2. The number of hydrogen-bond donors (Lipinski definition) is 1. The number of aryl methyl sites for hydroxylation is 1. The molecule has 120 valence electrons. The van der Waals surface area contributed by atoms with Gasteiger partial charge in [-0.2, -0.15) is 0 Å². The van der Waals surface area contributed by atoms with Crippen LogP contribution in [0.3, 0.4) is 0 Å². The van der Waals surface area contributed by atoms with Crippen molar-refractivity contribution in [1.29, 1.82) is 0 Å². The average molecular weight is 313 g/mol. The van der Waals surface area contributed by atoms with Crippen molar-refractivity contribution in [3.63, 3.8) is 0 Å². The number of halogens is 1. The summed E-state index contributed by atoms with van der Waals surface area (Å²) in [6, 6.07) is 15.9. The van der Waals surface area contributed by atoms with E-state index in [0.717, 1.165) is 5.56 Å². The van der Waals surface area contributed by atoms with Crippen molar-refractivity contribution in [3.05, 3.63) is 65.7 Å². The number of phenolic OH excluding ortho intramolecular Hbond substituents is 1. The number of carbonyl (C=O) groups is 1. The van der Waals surface area contributed by atoms with Crippen molar-refractivity contribution in [2.24, 2.45) is 0 Å². The molecule has 3 rings (SSSR count). The second-order valence-corrected chi connectivity index (χ2v) is 6.07. The number of amides is 1. The van der Waals surface area contributed by atoms with E-state index in [1.54, 1.807) is 35.2 Å². The summed E-state index contributed by atoms with van der Waals surface area (Å²) in [4.78, 5) is 13.9. The maximum atomic E-state index is 15.0. The Balaban J connectivity index is 1.59. The van der Waals surface area contributed by atoms with E-state index in [1.807, 2.05) is 24.3 Å². The van der Waals surface area contributed by atoms with Gasteiger partial charge >= 0.3 is 0 Å². The summed E-state index contributed by atoms with van der Waals surface area (Å²) >= 11 is 0. The number of rotatable bonds is 4. The third-order valence-corrected chi connectivity index (χ3v) is 4.40. The third kappa shape index (κ3) is 3.52. The Hall–Kier alpha value is -2.36. The van der Waals surface area contributed by atoms with E-state index in [0.29, 0.717) is 31.4 Å². The molecule has 2 aromatic rings. The molecular formula is C19H20FNO2. The lowest BCUT2D eigenvalue weighted by Crippen LogP contribution is -2.32. The van der Waals surface area contributed by atoms with Gasteiger partial charge < -0.3 is 10.0 Å². The van der Waals surface area contributed by atoms with E-state index in [4.69, 9.17) is 0 Å². The minimum Gasteiger partial charge on any atom is -0.508 e. The summed E-state index contributed by atoms with van der Waals surface area (Å²) < 4.78 is 15.0. The van der Waals surface area contributed by atoms with Crippen molar-refractivity contribution >= 4 is 5.91 Å². The molecule has 1 saturated heterocycles. The van der Waals surface area contributed by atoms with Crippen molar-refractivity contribution in [2.75, 3.05) is 13.1 Å². The highest BCUT2D eigenvalue weighted by Crippen LogP contribution is 2.36. The lowest BCUT2D eigenvalue weighted by Gasteiger charge is -2.21. The Morgan fingerprint density at radius 2 is 1.96 bits per heavy atom.